The predicted octanol–water partition coefficient (Wildman–Crippen LogP) is 2.90. The fraction of sp³-hybridized carbons (Fsp3) is 0.318. The molecule has 1 aliphatic heterocycles. The minimum Gasteiger partial charge on any atom is -0.368 e. The van der Waals surface area contributed by atoms with Gasteiger partial charge in [0.1, 0.15) is 11.9 Å². The highest BCUT2D eigenvalue weighted by molar-refractivity contribution is 5.80. The van der Waals surface area contributed by atoms with E-state index >= 15 is 0 Å². The molecule has 0 aliphatic carbocycles. The monoisotopic (exact) mass is 390 g/mol. The Hall–Kier alpha value is -3.58. The Bertz CT molecular complexity index is 972. The summed E-state index contributed by atoms with van der Waals surface area (Å²) in [5.41, 5.74) is 2.39. The highest BCUT2D eigenvalue weighted by Crippen LogP contribution is 2.23. The number of nitrogens with one attached hydrogen (secondary N) is 2. The summed E-state index contributed by atoms with van der Waals surface area (Å²) in [6, 6.07) is 16.4. The smallest absolute Gasteiger partial charge is 0.191 e. The Morgan fingerprint density at radius 3 is 2.79 bits per heavy atom. The van der Waals surface area contributed by atoms with Crippen LogP contribution in [0.4, 0.5) is 10.1 Å². The fourth-order valence-electron chi connectivity index (χ4n) is 3.48. The van der Waals surface area contributed by atoms with Crippen molar-refractivity contribution in [2.24, 2.45) is 4.99 Å². The number of rotatable bonds is 4. The van der Waals surface area contributed by atoms with Gasteiger partial charge in [-0.2, -0.15) is 10.5 Å². The fourth-order valence-corrected chi connectivity index (χ4v) is 3.48. The van der Waals surface area contributed by atoms with Gasteiger partial charge in [0.05, 0.1) is 22.9 Å². The van der Waals surface area contributed by atoms with Crippen molar-refractivity contribution in [2.75, 3.05) is 25.0 Å². The van der Waals surface area contributed by atoms with E-state index in [9.17, 15) is 9.65 Å². The summed E-state index contributed by atoms with van der Waals surface area (Å²) >= 11 is 0. The molecule has 2 aromatic carbocycles. The molecule has 29 heavy (non-hydrogen) atoms. The zero-order chi connectivity index (χ0) is 20.6. The summed E-state index contributed by atoms with van der Waals surface area (Å²) in [5.74, 6) is 0.179. The first kappa shape index (κ1) is 20.2. The number of benzene rings is 2. The minimum absolute atomic E-state index is 0.160. The average molecular weight is 390 g/mol. The number of piperidine rings is 1. The Morgan fingerprint density at radius 1 is 1.24 bits per heavy atom. The van der Waals surface area contributed by atoms with Crippen molar-refractivity contribution in [2.45, 2.75) is 25.4 Å². The third-order valence-corrected chi connectivity index (χ3v) is 4.98. The Balaban J connectivity index is 1.61. The van der Waals surface area contributed by atoms with Crippen LogP contribution in [0.25, 0.3) is 0 Å². The maximum atomic E-state index is 14.1. The lowest BCUT2D eigenvalue weighted by atomic mass is 10.0. The quantitative estimate of drug-likeness (QED) is 0.619. The maximum Gasteiger partial charge on any atom is 0.191 e. The van der Waals surface area contributed by atoms with E-state index in [1.165, 1.54) is 6.07 Å². The second-order valence-electron chi connectivity index (χ2n) is 6.90. The zero-order valence-corrected chi connectivity index (χ0v) is 16.3. The van der Waals surface area contributed by atoms with E-state index in [-0.39, 0.29) is 12.6 Å². The summed E-state index contributed by atoms with van der Waals surface area (Å²) in [7, 11) is 1.68. The SMILES string of the molecule is CN=C(NCc1ccc(C#N)cc1F)NC1CCCN(c2ccccc2C#N)C1. The number of hydrogen-bond acceptors (Lipinski definition) is 4. The van der Waals surface area contributed by atoms with Gasteiger partial charge in [0.25, 0.3) is 0 Å². The lowest BCUT2D eigenvalue weighted by Gasteiger charge is -2.35. The molecule has 1 saturated heterocycles. The highest BCUT2D eigenvalue weighted by atomic mass is 19.1. The molecule has 1 fully saturated rings. The van der Waals surface area contributed by atoms with Gasteiger partial charge in [-0.1, -0.05) is 18.2 Å². The van der Waals surface area contributed by atoms with Crippen molar-refractivity contribution in [3.05, 3.63) is 65.0 Å². The van der Waals surface area contributed by atoms with Crippen LogP contribution in [0.5, 0.6) is 0 Å². The average Bonchev–Trinajstić information content (AvgIpc) is 2.77. The van der Waals surface area contributed by atoms with Crippen LogP contribution in [0.1, 0.15) is 29.5 Å². The van der Waals surface area contributed by atoms with Gasteiger partial charge in [-0.3, -0.25) is 4.99 Å². The molecule has 0 bridgehead atoms. The largest absolute Gasteiger partial charge is 0.368 e. The topological polar surface area (TPSA) is 87.2 Å². The van der Waals surface area contributed by atoms with Gasteiger partial charge in [-0.15, -0.1) is 0 Å². The highest BCUT2D eigenvalue weighted by Gasteiger charge is 2.22. The van der Waals surface area contributed by atoms with Crippen molar-refractivity contribution in [3.8, 4) is 12.1 Å². The molecule has 1 aliphatic rings. The summed E-state index contributed by atoms with van der Waals surface area (Å²) < 4.78 is 14.1. The number of anilines is 1. The van der Waals surface area contributed by atoms with Crippen molar-refractivity contribution in [1.82, 2.24) is 10.6 Å². The number of nitriles is 2. The second kappa shape index (κ2) is 9.57. The van der Waals surface area contributed by atoms with E-state index in [1.54, 1.807) is 19.2 Å². The maximum absolute atomic E-state index is 14.1. The molecule has 7 heteroatoms. The van der Waals surface area contributed by atoms with Gasteiger partial charge >= 0.3 is 0 Å². The third kappa shape index (κ3) is 5.03. The van der Waals surface area contributed by atoms with Crippen molar-refractivity contribution < 1.29 is 4.39 Å². The molecule has 6 nitrogen and oxygen atoms in total. The molecule has 0 amide bonds. The molecule has 1 atom stereocenters. The normalized spacial score (nSPS) is 16.6. The molecular weight excluding hydrogens is 367 g/mol. The van der Waals surface area contributed by atoms with Gasteiger partial charge in [0, 0.05) is 38.3 Å². The Kier molecular flexibility index (Phi) is 6.65. The molecular formula is C22H23FN6. The number of para-hydroxylation sites is 1. The van der Waals surface area contributed by atoms with Crippen molar-refractivity contribution in [1.29, 1.82) is 10.5 Å². The van der Waals surface area contributed by atoms with Gasteiger partial charge in [0.2, 0.25) is 0 Å². The van der Waals surface area contributed by atoms with E-state index < -0.39 is 5.82 Å². The summed E-state index contributed by atoms with van der Waals surface area (Å²) in [5, 5.41) is 24.7. The van der Waals surface area contributed by atoms with Crippen LogP contribution in [-0.4, -0.2) is 32.1 Å². The molecule has 0 aromatic heterocycles. The first-order chi connectivity index (χ1) is 14.1. The van der Waals surface area contributed by atoms with Crippen LogP contribution >= 0.6 is 0 Å². The van der Waals surface area contributed by atoms with E-state index in [2.05, 4.69) is 26.6 Å². The number of aliphatic imine (C=N–C) groups is 1. The van der Waals surface area contributed by atoms with Crippen LogP contribution in [0.3, 0.4) is 0 Å². The molecule has 0 radical (unpaired) electrons. The molecule has 1 unspecified atom stereocenters. The third-order valence-electron chi connectivity index (χ3n) is 4.98. The molecule has 0 spiro atoms. The first-order valence-corrected chi connectivity index (χ1v) is 9.54. The zero-order valence-electron chi connectivity index (χ0n) is 16.3. The van der Waals surface area contributed by atoms with Crippen LogP contribution in [0, 0.1) is 28.5 Å². The first-order valence-electron chi connectivity index (χ1n) is 9.54. The molecule has 148 valence electrons. The van der Waals surface area contributed by atoms with Crippen molar-refractivity contribution in [3.63, 3.8) is 0 Å². The molecule has 2 N–H and O–H groups in total. The molecule has 0 saturated carbocycles. The van der Waals surface area contributed by atoms with Crippen molar-refractivity contribution >= 4 is 11.6 Å². The number of nitrogens with zero attached hydrogens (tertiary/aromatic N) is 4. The van der Waals surface area contributed by atoms with Crippen LogP contribution < -0.4 is 15.5 Å². The Morgan fingerprint density at radius 2 is 2.07 bits per heavy atom. The van der Waals surface area contributed by atoms with Gasteiger partial charge < -0.3 is 15.5 Å². The Labute approximate surface area is 170 Å². The standard InChI is InChI=1S/C22H23FN6/c1-26-22(27-14-18-9-8-16(12-24)11-20(18)23)28-19-6-4-10-29(15-19)21-7-3-2-5-17(21)13-25/h2-3,5,7-9,11,19H,4,6,10,14-15H2,1H3,(H2,26,27,28). The summed E-state index contributed by atoms with van der Waals surface area (Å²) in [6.07, 6.45) is 1.98. The summed E-state index contributed by atoms with van der Waals surface area (Å²) in [6.45, 7) is 1.93. The molecule has 1 heterocycles. The minimum atomic E-state index is -0.413. The van der Waals surface area contributed by atoms with Crippen LogP contribution in [0.2, 0.25) is 0 Å². The van der Waals surface area contributed by atoms with Gasteiger partial charge in [-0.25, -0.2) is 4.39 Å². The number of hydrogen-bond donors (Lipinski definition) is 2. The van der Waals surface area contributed by atoms with Gasteiger partial charge in [-0.05, 0) is 37.1 Å². The molecule has 2 aromatic rings. The second-order valence-corrected chi connectivity index (χ2v) is 6.90. The number of halogens is 1. The van der Waals surface area contributed by atoms with Crippen LogP contribution in [-0.2, 0) is 6.54 Å². The predicted molar refractivity (Wildman–Crippen MR) is 111 cm³/mol. The summed E-state index contributed by atoms with van der Waals surface area (Å²) in [4.78, 5) is 6.46. The lowest BCUT2D eigenvalue weighted by molar-refractivity contribution is 0.467. The van der Waals surface area contributed by atoms with E-state index in [0.717, 1.165) is 31.6 Å². The van der Waals surface area contributed by atoms with Crippen LogP contribution in [0.15, 0.2) is 47.5 Å². The lowest BCUT2D eigenvalue weighted by Crippen LogP contribution is -2.51. The van der Waals surface area contributed by atoms with Gasteiger partial charge in [0.15, 0.2) is 5.96 Å². The van der Waals surface area contributed by atoms with E-state index in [4.69, 9.17) is 5.26 Å². The van der Waals surface area contributed by atoms with E-state index in [1.807, 2.05) is 30.3 Å². The number of guanidine groups is 1. The van der Waals surface area contributed by atoms with E-state index in [0.29, 0.717) is 22.6 Å². The molecule has 3 rings (SSSR count).